The van der Waals surface area contributed by atoms with Crippen molar-refractivity contribution in [3.05, 3.63) is 0 Å². The minimum absolute atomic E-state index is 0.332. The normalized spacial score (nSPS) is 21.8. The van der Waals surface area contributed by atoms with Crippen LogP contribution in [0, 0.1) is 5.92 Å². The van der Waals surface area contributed by atoms with Crippen molar-refractivity contribution >= 4 is 0 Å². The van der Waals surface area contributed by atoms with Gasteiger partial charge in [0.2, 0.25) is 0 Å². The predicted octanol–water partition coefficient (Wildman–Crippen LogP) is 0.744. The molecule has 1 rings (SSSR count). The minimum Gasteiger partial charge on any atom is -0.396 e. The maximum Gasteiger partial charge on any atom is 0.0700 e. The third-order valence-electron chi connectivity index (χ3n) is 3.10. The average Bonchev–Trinajstić information content (AvgIpc) is 2.72. The zero-order valence-corrected chi connectivity index (χ0v) is 10.4. The van der Waals surface area contributed by atoms with E-state index in [9.17, 15) is 0 Å². The van der Waals surface area contributed by atoms with Gasteiger partial charge in [0.15, 0.2) is 0 Å². The van der Waals surface area contributed by atoms with Crippen molar-refractivity contribution < 1.29 is 14.6 Å². The quantitative estimate of drug-likeness (QED) is 0.594. The first-order valence-corrected chi connectivity index (χ1v) is 6.26. The summed E-state index contributed by atoms with van der Waals surface area (Å²) >= 11 is 0. The number of aliphatic hydroxyl groups excluding tert-OH is 1. The Labute approximate surface area is 98.5 Å². The van der Waals surface area contributed by atoms with Gasteiger partial charge >= 0.3 is 0 Å². The number of hydrogen-bond donors (Lipinski definition) is 1. The Hall–Kier alpha value is -0.160. The van der Waals surface area contributed by atoms with Crippen molar-refractivity contribution in [2.45, 2.75) is 19.3 Å². The lowest BCUT2D eigenvalue weighted by molar-refractivity contribution is 0.0660. The molecule has 0 saturated carbocycles. The standard InChI is InChI=1S/C12H25NO3/c1-15-9-10-16-8-2-5-13-6-3-12(11-13)4-7-14/h12,14H,2-11H2,1H3. The molecule has 1 heterocycles. The molecule has 1 saturated heterocycles. The van der Waals surface area contributed by atoms with Crippen molar-refractivity contribution in [1.82, 2.24) is 4.90 Å². The van der Waals surface area contributed by atoms with Crippen molar-refractivity contribution in [1.29, 1.82) is 0 Å². The van der Waals surface area contributed by atoms with E-state index in [0.717, 1.165) is 32.5 Å². The van der Waals surface area contributed by atoms with Crippen LogP contribution in [-0.4, -0.2) is 63.2 Å². The fourth-order valence-corrected chi connectivity index (χ4v) is 2.17. The number of rotatable bonds is 9. The molecule has 4 heteroatoms. The zero-order valence-electron chi connectivity index (χ0n) is 10.4. The number of hydrogen-bond acceptors (Lipinski definition) is 4. The van der Waals surface area contributed by atoms with Crippen molar-refractivity contribution in [3.63, 3.8) is 0 Å². The second-order valence-electron chi connectivity index (χ2n) is 4.43. The fourth-order valence-electron chi connectivity index (χ4n) is 2.17. The highest BCUT2D eigenvalue weighted by molar-refractivity contribution is 4.74. The average molecular weight is 231 g/mol. The van der Waals surface area contributed by atoms with Crippen LogP contribution in [0.1, 0.15) is 19.3 Å². The van der Waals surface area contributed by atoms with Crippen LogP contribution >= 0.6 is 0 Å². The molecule has 0 spiro atoms. The van der Waals surface area contributed by atoms with Gasteiger partial charge in [0.1, 0.15) is 0 Å². The molecule has 16 heavy (non-hydrogen) atoms. The van der Waals surface area contributed by atoms with E-state index < -0.39 is 0 Å². The van der Waals surface area contributed by atoms with E-state index >= 15 is 0 Å². The zero-order chi connectivity index (χ0) is 11.6. The summed E-state index contributed by atoms with van der Waals surface area (Å²) in [4.78, 5) is 2.47. The third kappa shape index (κ3) is 5.80. The molecule has 96 valence electrons. The summed E-state index contributed by atoms with van der Waals surface area (Å²) in [5.74, 6) is 0.708. The summed E-state index contributed by atoms with van der Waals surface area (Å²) in [6.07, 6.45) is 3.29. The van der Waals surface area contributed by atoms with Crippen LogP contribution in [0.2, 0.25) is 0 Å². The molecular formula is C12H25NO3. The first-order chi connectivity index (χ1) is 7.86. The Morgan fingerprint density at radius 3 is 2.94 bits per heavy atom. The first kappa shape index (κ1) is 13.9. The summed E-state index contributed by atoms with van der Waals surface area (Å²) in [6, 6.07) is 0. The van der Waals surface area contributed by atoms with Crippen molar-refractivity contribution in [2.24, 2.45) is 5.92 Å². The van der Waals surface area contributed by atoms with Crippen LogP contribution < -0.4 is 0 Å². The fraction of sp³-hybridized carbons (Fsp3) is 1.00. The van der Waals surface area contributed by atoms with Gasteiger partial charge in [-0.25, -0.2) is 0 Å². The van der Waals surface area contributed by atoms with Gasteiger partial charge < -0.3 is 19.5 Å². The van der Waals surface area contributed by atoms with Gasteiger partial charge in [-0.05, 0) is 31.7 Å². The highest BCUT2D eigenvalue weighted by atomic mass is 16.5. The smallest absolute Gasteiger partial charge is 0.0700 e. The molecule has 0 radical (unpaired) electrons. The van der Waals surface area contributed by atoms with Crippen molar-refractivity contribution in [3.8, 4) is 0 Å². The monoisotopic (exact) mass is 231 g/mol. The van der Waals surface area contributed by atoms with E-state index in [4.69, 9.17) is 14.6 Å². The van der Waals surface area contributed by atoms with Crippen LogP contribution in [0.4, 0.5) is 0 Å². The Kier molecular flexibility index (Phi) is 7.76. The molecule has 0 aliphatic carbocycles. The molecule has 1 atom stereocenters. The molecule has 4 nitrogen and oxygen atoms in total. The molecule has 1 aliphatic heterocycles. The Balaban J connectivity index is 1.90. The van der Waals surface area contributed by atoms with Crippen LogP contribution in [-0.2, 0) is 9.47 Å². The van der Waals surface area contributed by atoms with E-state index in [1.807, 2.05) is 0 Å². The molecular weight excluding hydrogens is 206 g/mol. The maximum atomic E-state index is 8.86. The second-order valence-corrected chi connectivity index (χ2v) is 4.43. The maximum absolute atomic E-state index is 8.86. The summed E-state index contributed by atoms with van der Waals surface area (Å²) in [7, 11) is 1.69. The molecule has 0 aromatic heterocycles. The highest BCUT2D eigenvalue weighted by Gasteiger charge is 2.20. The van der Waals surface area contributed by atoms with E-state index in [0.29, 0.717) is 25.7 Å². The summed E-state index contributed by atoms with van der Waals surface area (Å²) in [5, 5.41) is 8.86. The molecule has 0 amide bonds. The van der Waals surface area contributed by atoms with Gasteiger partial charge in [-0.3, -0.25) is 0 Å². The molecule has 0 bridgehead atoms. The largest absolute Gasteiger partial charge is 0.396 e. The molecule has 0 aromatic carbocycles. The third-order valence-corrected chi connectivity index (χ3v) is 3.10. The number of methoxy groups -OCH3 is 1. The summed E-state index contributed by atoms with van der Waals surface area (Å²) in [6.45, 7) is 5.99. The van der Waals surface area contributed by atoms with Crippen LogP contribution in [0.25, 0.3) is 0 Å². The van der Waals surface area contributed by atoms with Gasteiger partial charge in [-0.2, -0.15) is 0 Å². The van der Waals surface area contributed by atoms with Crippen LogP contribution in [0.3, 0.4) is 0 Å². The highest BCUT2D eigenvalue weighted by Crippen LogP contribution is 2.18. The van der Waals surface area contributed by atoms with Gasteiger partial charge in [0.25, 0.3) is 0 Å². The number of ether oxygens (including phenoxy) is 2. The lowest BCUT2D eigenvalue weighted by atomic mass is 10.1. The second kappa shape index (κ2) is 8.93. The van der Waals surface area contributed by atoms with Gasteiger partial charge in [-0.15, -0.1) is 0 Å². The Bertz CT molecular complexity index is 166. The first-order valence-electron chi connectivity index (χ1n) is 6.26. The lowest BCUT2D eigenvalue weighted by Gasteiger charge is -2.15. The summed E-state index contributed by atoms with van der Waals surface area (Å²) < 4.78 is 10.3. The number of aliphatic hydroxyl groups is 1. The van der Waals surface area contributed by atoms with Crippen LogP contribution in [0.15, 0.2) is 0 Å². The predicted molar refractivity (Wildman–Crippen MR) is 63.6 cm³/mol. The molecule has 1 fully saturated rings. The SMILES string of the molecule is COCCOCCCN1CCC(CCO)C1. The molecule has 1 aliphatic rings. The molecule has 1 unspecified atom stereocenters. The topological polar surface area (TPSA) is 41.9 Å². The van der Waals surface area contributed by atoms with Crippen molar-refractivity contribution in [2.75, 3.05) is 53.2 Å². The van der Waals surface area contributed by atoms with Gasteiger partial charge in [-0.1, -0.05) is 0 Å². The van der Waals surface area contributed by atoms with Gasteiger partial charge in [0.05, 0.1) is 13.2 Å². The minimum atomic E-state index is 0.332. The molecule has 1 N–H and O–H groups in total. The Morgan fingerprint density at radius 2 is 2.19 bits per heavy atom. The van der Waals surface area contributed by atoms with E-state index in [1.54, 1.807) is 7.11 Å². The van der Waals surface area contributed by atoms with Gasteiger partial charge in [0, 0.05) is 33.4 Å². The van der Waals surface area contributed by atoms with E-state index in [2.05, 4.69) is 4.90 Å². The Morgan fingerprint density at radius 1 is 1.31 bits per heavy atom. The van der Waals surface area contributed by atoms with Crippen LogP contribution in [0.5, 0.6) is 0 Å². The number of nitrogens with zero attached hydrogens (tertiary/aromatic N) is 1. The van der Waals surface area contributed by atoms with E-state index in [-0.39, 0.29) is 0 Å². The molecule has 0 aromatic rings. The number of likely N-dealkylation sites (tertiary alicyclic amines) is 1. The summed E-state index contributed by atoms with van der Waals surface area (Å²) in [5.41, 5.74) is 0. The van der Waals surface area contributed by atoms with E-state index in [1.165, 1.54) is 13.0 Å². The lowest BCUT2D eigenvalue weighted by Crippen LogP contribution is -2.23.